The molecule has 0 aliphatic heterocycles. The van der Waals surface area contributed by atoms with E-state index in [0.29, 0.717) is 5.69 Å². The third-order valence-electron chi connectivity index (χ3n) is 2.22. The fraction of sp³-hybridized carbons (Fsp3) is 0.167. The second-order valence-electron chi connectivity index (χ2n) is 3.41. The lowest BCUT2D eigenvalue weighted by molar-refractivity contribution is -0.136. The molecule has 0 atom stereocenters. The lowest BCUT2D eigenvalue weighted by Gasteiger charge is -2.04. The highest BCUT2D eigenvalue weighted by Gasteiger charge is 2.11. The van der Waals surface area contributed by atoms with E-state index in [2.05, 4.69) is 4.98 Å². The monoisotopic (exact) mass is 249 g/mol. The van der Waals surface area contributed by atoms with Crippen molar-refractivity contribution in [1.82, 2.24) is 4.98 Å². The van der Waals surface area contributed by atoms with E-state index in [-0.39, 0.29) is 6.42 Å². The number of aliphatic carboxylic acids is 1. The molecule has 0 aliphatic carbocycles. The molecule has 0 bridgehead atoms. The minimum Gasteiger partial charge on any atom is -0.496 e. The molecule has 0 unspecified atom stereocenters. The molecule has 0 aliphatic rings. The van der Waals surface area contributed by atoms with Crippen LogP contribution < -0.4 is 4.74 Å². The van der Waals surface area contributed by atoms with Gasteiger partial charge in [-0.05, 0) is 12.1 Å². The molecule has 1 aromatic heterocycles. The van der Waals surface area contributed by atoms with Crippen LogP contribution in [0.2, 0.25) is 0 Å². The summed E-state index contributed by atoms with van der Waals surface area (Å²) >= 11 is 1.42. The van der Waals surface area contributed by atoms with Gasteiger partial charge in [0.15, 0.2) is 0 Å². The van der Waals surface area contributed by atoms with Gasteiger partial charge in [-0.2, -0.15) is 0 Å². The molecule has 2 rings (SSSR count). The first-order valence-electron chi connectivity index (χ1n) is 5.00. The first-order valence-corrected chi connectivity index (χ1v) is 5.88. The molecule has 1 N–H and O–H groups in total. The Morgan fingerprint density at radius 2 is 2.24 bits per heavy atom. The van der Waals surface area contributed by atoms with Crippen molar-refractivity contribution in [3.05, 3.63) is 35.3 Å². The number of para-hydroxylation sites is 1. The van der Waals surface area contributed by atoms with Gasteiger partial charge in [-0.15, -0.1) is 11.3 Å². The summed E-state index contributed by atoms with van der Waals surface area (Å²) in [5.41, 5.74) is 1.46. The first kappa shape index (κ1) is 11.6. The molecule has 88 valence electrons. The molecule has 2 aromatic rings. The van der Waals surface area contributed by atoms with E-state index in [1.54, 1.807) is 12.5 Å². The first-order chi connectivity index (χ1) is 8.20. The highest BCUT2D eigenvalue weighted by molar-refractivity contribution is 7.13. The largest absolute Gasteiger partial charge is 0.496 e. The van der Waals surface area contributed by atoms with Gasteiger partial charge in [0.1, 0.15) is 10.8 Å². The summed E-state index contributed by atoms with van der Waals surface area (Å²) in [6, 6.07) is 7.54. The van der Waals surface area contributed by atoms with Crippen molar-refractivity contribution in [3.63, 3.8) is 0 Å². The van der Waals surface area contributed by atoms with Crippen molar-refractivity contribution in [2.45, 2.75) is 6.42 Å². The third kappa shape index (κ3) is 2.62. The van der Waals surface area contributed by atoms with E-state index in [0.717, 1.165) is 16.3 Å². The van der Waals surface area contributed by atoms with Gasteiger partial charge in [-0.3, -0.25) is 4.79 Å². The lowest BCUT2D eigenvalue weighted by Crippen LogP contribution is -1.99. The number of rotatable bonds is 4. The van der Waals surface area contributed by atoms with Gasteiger partial charge in [-0.1, -0.05) is 12.1 Å². The Labute approximate surface area is 103 Å². The van der Waals surface area contributed by atoms with Gasteiger partial charge in [0.25, 0.3) is 0 Å². The van der Waals surface area contributed by atoms with E-state index in [1.165, 1.54) is 11.3 Å². The van der Waals surface area contributed by atoms with Crippen LogP contribution in [-0.2, 0) is 11.2 Å². The maximum atomic E-state index is 10.6. The molecule has 0 saturated carbocycles. The minimum atomic E-state index is -0.873. The molecule has 17 heavy (non-hydrogen) atoms. The molecule has 1 aromatic carbocycles. The van der Waals surface area contributed by atoms with E-state index in [9.17, 15) is 4.79 Å². The van der Waals surface area contributed by atoms with Crippen LogP contribution in [0.15, 0.2) is 29.6 Å². The zero-order valence-electron chi connectivity index (χ0n) is 9.21. The molecule has 1 heterocycles. The zero-order valence-corrected chi connectivity index (χ0v) is 10.0. The maximum Gasteiger partial charge on any atom is 0.309 e. The molecule has 0 saturated heterocycles. The Morgan fingerprint density at radius 3 is 2.94 bits per heavy atom. The highest BCUT2D eigenvalue weighted by Crippen LogP contribution is 2.31. The Morgan fingerprint density at radius 1 is 1.47 bits per heavy atom. The van der Waals surface area contributed by atoms with Crippen LogP contribution in [0.4, 0.5) is 0 Å². The lowest BCUT2D eigenvalue weighted by atomic mass is 10.2. The van der Waals surface area contributed by atoms with Crippen LogP contribution in [0.5, 0.6) is 5.75 Å². The summed E-state index contributed by atoms with van der Waals surface area (Å²) in [6.45, 7) is 0. The number of methoxy groups -OCH3 is 1. The number of nitrogens with zero attached hydrogens (tertiary/aromatic N) is 1. The fourth-order valence-corrected chi connectivity index (χ4v) is 2.34. The van der Waals surface area contributed by atoms with Gasteiger partial charge in [0, 0.05) is 5.38 Å². The molecule has 5 heteroatoms. The number of carboxylic acids is 1. The van der Waals surface area contributed by atoms with Crippen molar-refractivity contribution in [2.75, 3.05) is 7.11 Å². The molecular formula is C12H11NO3S. The number of ether oxygens (including phenoxy) is 1. The van der Waals surface area contributed by atoms with Crippen LogP contribution in [0, 0.1) is 0 Å². The van der Waals surface area contributed by atoms with Crippen LogP contribution in [0.3, 0.4) is 0 Å². The van der Waals surface area contributed by atoms with Crippen LogP contribution in [0.25, 0.3) is 10.6 Å². The average molecular weight is 249 g/mol. The summed E-state index contributed by atoms with van der Waals surface area (Å²) in [5, 5.41) is 11.2. The molecule has 0 radical (unpaired) electrons. The summed E-state index contributed by atoms with van der Waals surface area (Å²) in [5.74, 6) is -0.134. The van der Waals surface area contributed by atoms with E-state index in [4.69, 9.17) is 9.84 Å². The Hall–Kier alpha value is -1.88. The summed E-state index contributed by atoms with van der Waals surface area (Å²) in [6.07, 6.45) is -0.0500. The second kappa shape index (κ2) is 4.97. The van der Waals surface area contributed by atoms with E-state index < -0.39 is 5.97 Å². The van der Waals surface area contributed by atoms with Crippen molar-refractivity contribution in [3.8, 4) is 16.3 Å². The number of hydrogen-bond donors (Lipinski definition) is 1. The van der Waals surface area contributed by atoms with E-state index >= 15 is 0 Å². The second-order valence-corrected chi connectivity index (χ2v) is 4.27. The summed E-state index contributed by atoms with van der Waals surface area (Å²) in [7, 11) is 1.60. The van der Waals surface area contributed by atoms with Gasteiger partial charge < -0.3 is 9.84 Å². The summed E-state index contributed by atoms with van der Waals surface area (Å²) < 4.78 is 5.24. The van der Waals surface area contributed by atoms with Crippen molar-refractivity contribution in [2.24, 2.45) is 0 Å². The van der Waals surface area contributed by atoms with Crippen molar-refractivity contribution >= 4 is 17.3 Å². The number of thiazole rings is 1. The van der Waals surface area contributed by atoms with Gasteiger partial charge in [0.2, 0.25) is 0 Å². The predicted octanol–water partition coefficient (Wildman–Crippen LogP) is 2.45. The molecule has 4 nitrogen and oxygen atoms in total. The standard InChI is InChI=1S/C12H11NO3S/c1-16-10-5-3-2-4-9(10)12-13-8(7-17-12)6-11(14)15/h2-5,7H,6H2,1H3,(H,14,15). The van der Waals surface area contributed by atoms with Crippen LogP contribution in [0.1, 0.15) is 5.69 Å². The normalized spacial score (nSPS) is 10.2. The minimum absolute atomic E-state index is 0.0500. The van der Waals surface area contributed by atoms with Gasteiger partial charge in [0.05, 0.1) is 24.8 Å². The molecule has 0 amide bonds. The number of hydrogen-bond acceptors (Lipinski definition) is 4. The van der Waals surface area contributed by atoms with Crippen molar-refractivity contribution < 1.29 is 14.6 Å². The quantitative estimate of drug-likeness (QED) is 0.904. The van der Waals surface area contributed by atoms with Gasteiger partial charge in [-0.25, -0.2) is 4.98 Å². The smallest absolute Gasteiger partial charge is 0.309 e. The Kier molecular flexibility index (Phi) is 3.39. The average Bonchev–Trinajstić information content (AvgIpc) is 2.76. The topological polar surface area (TPSA) is 59.4 Å². The predicted molar refractivity (Wildman–Crippen MR) is 65.4 cm³/mol. The summed E-state index contributed by atoms with van der Waals surface area (Å²) in [4.78, 5) is 14.9. The molecular weight excluding hydrogens is 238 g/mol. The third-order valence-corrected chi connectivity index (χ3v) is 3.15. The Bertz CT molecular complexity index is 536. The SMILES string of the molecule is COc1ccccc1-c1nc(CC(=O)O)cs1. The van der Waals surface area contributed by atoms with Crippen LogP contribution in [-0.4, -0.2) is 23.2 Å². The van der Waals surface area contributed by atoms with Crippen LogP contribution >= 0.6 is 11.3 Å². The van der Waals surface area contributed by atoms with E-state index in [1.807, 2.05) is 24.3 Å². The number of carbonyl (C=O) groups is 1. The number of carboxylic acid groups (broad SMARTS) is 1. The number of benzene rings is 1. The molecule has 0 spiro atoms. The zero-order chi connectivity index (χ0) is 12.3. The van der Waals surface area contributed by atoms with Gasteiger partial charge >= 0.3 is 5.97 Å². The Balaban J connectivity index is 2.33. The van der Waals surface area contributed by atoms with Crippen molar-refractivity contribution in [1.29, 1.82) is 0 Å². The number of aromatic nitrogens is 1. The highest BCUT2D eigenvalue weighted by atomic mass is 32.1. The maximum absolute atomic E-state index is 10.6. The molecule has 0 fully saturated rings. The fourth-order valence-electron chi connectivity index (χ4n) is 1.49.